The van der Waals surface area contributed by atoms with Gasteiger partial charge in [0.25, 0.3) is 0 Å². The van der Waals surface area contributed by atoms with Gasteiger partial charge in [-0.15, -0.1) is 11.3 Å². The second-order valence-electron chi connectivity index (χ2n) is 5.45. The molecule has 2 rings (SSSR count). The predicted octanol–water partition coefficient (Wildman–Crippen LogP) is 2.37. The Labute approximate surface area is 119 Å². The molecule has 1 aliphatic carbocycles. The fourth-order valence-electron chi connectivity index (χ4n) is 2.37. The molecule has 1 aliphatic rings. The highest BCUT2D eigenvalue weighted by atomic mass is 32.2. The van der Waals surface area contributed by atoms with Gasteiger partial charge in [0.05, 0.1) is 0 Å². The highest BCUT2D eigenvalue weighted by Crippen LogP contribution is 2.49. The van der Waals surface area contributed by atoms with Crippen LogP contribution in [0.5, 0.6) is 0 Å². The van der Waals surface area contributed by atoms with Crippen molar-refractivity contribution in [3.8, 4) is 0 Å². The molecule has 1 heterocycles. The van der Waals surface area contributed by atoms with Crippen LogP contribution in [0.4, 0.5) is 0 Å². The van der Waals surface area contributed by atoms with Crippen LogP contribution >= 0.6 is 11.3 Å². The van der Waals surface area contributed by atoms with Crippen LogP contribution < -0.4 is 10.5 Å². The van der Waals surface area contributed by atoms with Crippen molar-refractivity contribution >= 4 is 21.4 Å². The van der Waals surface area contributed by atoms with E-state index in [1.165, 1.54) is 11.3 Å². The van der Waals surface area contributed by atoms with E-state index in [1.54, 1.807) is 6.07 Å². The fourth-order valence-corrected chi connectivity index (χ4v) is 5.03. The zero-order valence-electron chi connectivity index (χ0n) is 11.5. The summed E-state index contributed by atoms with van der Waals surface area (Å²) in [4.78, 5) is 0.940. The number of sulfonamides is 1. The van der Waals surface area contributed by atoms with Gasteiger partial charge in [0.1, 0.15) is 4.21 Å². The minimum Gasteiger partial charge on any atom is -0.326 e. The van der Waals surface area contributed by atoms with Gasteiger partial charge in [-0.25, -0.2) is 13.1 Å². The Kier molecular flexibility index (Phi) is 4.35. The van der Waals surface area contributed by atoms with E-state index in [-0.39, 0.29) is 5.41 Å². The van der Waals surface area contributed by atoms with Crippen LogP contribution in [0.1, 0.15) is 43.0 Å². The maximum atomic E-state index is 12.3. The Bertz CT molecular complexity index is 545. The number of nitrogens with one attached hydrogen (secondary N) is 1. The minimum absolute atomic E-state index is 0.227. The summed E-state index contributed by atoms with van der Waals surface area (Å²) in [5.74, 6) is 0. The quantitative estimate of drug-likeness (QED) is 0.812. The van der Waals surface area contributed by atoms with Gasteiger partial charge < -0.3 is 5.73 Å². The minimum atomic E-state index is -3.37. The predicted molar refractivity (Wildman–Crippen MR) is 78.7 cm³/mol. The summed E-state index contributed by atoms with van der Waals surface area (Å²) in [5.41, 5.74) is 6.78. The maximum Gasteiger partial charge on any atom is 0.250 e. The highest BCUT2D eigenvalue weighted by molar-refractivity contribution is 7.91. The number of hydrogen-bond acceptors (Lipinski definition) is 4. The third-order valence-corrected chi connectivity index (χ3v) is 6.96. The van der Waals surface area contributed by atoms with Gasteiger partial charge in [-0.1, -0.05) is 13.3 Å². The standard InChI is InChI=1S/C13H22N2O2S2/c1-3-4-13(5-6-13)9-15-19(16,17)12-7-10(2)11(8-14)18-12/h7,15H,3-6,8-9,14H2,1-2H3. The van der Waals surface area contributed by atoms with E-state index in [0.717, 1.165) is 36.1 Å². The molecule has 0 bridgehead atoms. The van der Waals surface area contributed by atoms with Gasteiger partial charge >= 0.3 is 0 Å². The van der Waals surface area contributed by atoms with E-state index in [4.69, 9.17) is 5.73 Å². The first-order valence-corrected chi connectivity index (χ1v) is 9.01. The van der Waals surface area contributed by atoms with Crippen LogP contribution in [0.25, 0.3) is 0 Å². The van der Waals surface area contributed by atoms with Crippen molar-refractivity contribution in [2.45, 2.75) is 50.3 Å². The van der Waals surface area contributed by atoms with Crippen molar-refractivity contribution in [2.75, 3.05) is 6.54 Å². The number of hydrogen-bond donors (Lipinski definition) is 2. The summed E-state index contributed by atoms with van der Waals surface area (Å²) in [6, 6.07) is 1.72. The van der Waals surface area contributed by atoms with Gasteiger partial charge in [-0.3, -0.25) is 0 Å². The molecule has 6 heteroatoms. The van der Waals surface area contributed by atoms with Gasteiger partial charge in [-0.05, 0) is 43.2 Å². The molecular formula is C13H22N2O2S2. The molecule has 1 saturated carbocycles. The van der Waals surface area contributed by atoms with Gasteiger partial charge in [0.2, 0.25) is 10.0 Å². The van der Waals surface area contributed by atoms with Crippen LogP contribution in [0.2, 0.25) is 0 Å². The van der Waals surface area contributed by atoms with Gasteiger partial charge in [0, 0.05) is 18.0 Å². The lowest BCUT2D eigenvalue weighted by molar-refractivity contribution is 0.449. The molecule has 0 amide bonds. The highest BCUT2D eigenvalue weighted by Gasteiger charge is 2.42. The molecule has 4 nitrogen and oxygen atoms in total. The van der Waals surface area contributed by atoms with Crippen molar-refractivity contribution < 1.29 is 8.42 Å². The summed E-state index contributed by atoms with van der Waals surface area (Å²) in [5, 5.41) is 0. The van der Waals surface area contributed by atoms with E-state index in [0.29, 0.717) is 17.3 Å². The SMILES string of the molecule is CCCC1(CNS(=O)(=O)c2cc(C)c(CN)s2)CC1. The summed E-state index contributed by atoms with van der Waals surface area (Å²) in [6.45, 7) is 5.01. The number of aryl methyl sites for hydroxylation is 1. The second-order valence-corrected chi connectivity index (χ2v) is 8.58. The number of nitrogens with two attached hydrogens (primary N) is 1. The third kappa shape index (κ3) is 3.37. The lowest BCUT2D eigenvalue weighted by atomic mass is 10.0. The zero-order valence-corrected chi connectivity index (χ0v) is 13.2. The molecule has 0 radical (unpaired) electrons. The van der Waals surface area contributed by atoms with Crippen LogP contribution in [-0.2, 0) is 16.6 Å². The molecule has 1 aromatic heterocycles. The average Bonchev–Trinajstić information content (AvgIpc) is 3.02. The van der Waals surface area contributed by atoms with Crippen molar-refractivity contribution in [3.63, 3.8) is 0 Å². The van der Waals surface area contributed by atoms with E-state index in [1.807, 2.05) is 6.92 Å². The molecule has 0 unspecified atom stereocenters. The normalized spacial score (nSPS) is 17.6. The van der Waals surface area contributed by atoms with Gasteiger partial charge in [0.15, 0.2) is 0 Å². The van der Waals surface area contributed by atoms with Crippen molar-refractivity contribution in [1.82, 2.24) is 4.72 Å². The molecule has 108 valence electrons. The number of thiophene rings is 1. The molecule has 1 fully saturated rings. The van der Waals surface area contributed by atoms with Crippen molar-refractivity contribution in [1.29, 1.82) is 0 Å². The lowest BCUT2D eigenvalue weighted by Gasteiger charge is -2.14. The van der Waals surface area contributed by atoms with E-state index < -0.39 is 10.0 Å². The first-order valence-electron chi connectivity index (χ1n) is 6.71. The Morgan fingerprint density at radius 3 is 2.63 bits per heavy atom. The molecule has 0 aliphatic heterocycles. The van der Waals surface area contributed by atoms with E-state index >= 15 is 0 Å². The smallest absolute Gasteiger partial charge is 0.250 e. The number of rotatable bonds is 7. The van der Waals surface area contributed by atoms with Crippen LogP contribution in [0.15, 0.2) is 10.3 Å². The zero-order chi connectivity index (χ0) is 14.1. The first-order chi connectivity index (χ1) is 8.92. The first kappa shape index (κ1) is 15.0. The molecule has 0 saturated heterocycles. The maximum absolute atomic E-state index is 12.3. The average molecular weight is 302 g/mol. The van der Waals surface area contributed by atoms with Crippen molar-refractivity contribution in [2.24, 2.45) is 11.1 Å². The summed E-state index contributed by atoms with van der Waals surface area (Å²) in [7, 11) is -3.37. The molecule has 0 aromatic carbocycles. The van der Waals surface area contributed by atoms with E-state index in [2.05, 4.69) is 11.6 Å². The van der Waals surface area contributed by atoms with Crippen LogP contribution in [0, 0.1) is 12.3 Å². The Balaban J connectivity index is 2.06. The largest absolute Gasteiger partial charge is 0.326 e. The van der Waals surface area contributed by atoms with E-state index in [9.17, 15) is 8.42 Å². The Morgan fingerprint density at radius 2 is 2.16 bits per heavy atom. The molecule has 0 atom stereocenters. The molecule has 1 aromatic rings. The lowest BCUT2D eigenvalue weighted by Crippen LogP contribution is -2.29. The fraction of sp³-hybridized carbons (Fsp3) is 0.692. The second kappa shape index (κ2) is 5.52. The molecule has 0 spiro atoms. The summed E-state index contributed by atoms with van der Waals surface area (Å²) in [6.07, 6.45) is 4.49. The Morgan fingerprint density at radius 1 is 1.47 bits per heavy atom. The monoisotopic (exact) mass is 302 g/mol. The van der Waals surface area contributed by atoms with Crippen LogP contribution in [0.3, 0.4) is 0 Å². The van der Waals surface area contributed by atoms with Crippen molar-refractivity contribution in [3.05, 3.63) is 16.5 Å². The van der Waals surface area contributed by atoms with Crippen LogP contribution in [-0.4, -0.2) is 15.0 Å². The molecule has 19 heavy (non-hydrogen) atoms. The topological polar surface area (TPSA) is 72.2 Å². The third-order valence-electron chi connectivity index (χ3n) is 3.82. The summed E-state index contributed by atoms with van der Waals surface area (Å²) >= 11 is 1.28. The summed E-state index contributed by atoms with van der Waals surface area (Å²) < 4.78 is 27.7. The van der Waals surface area contributed by atoms with Gasteiger partial charge in [-0.2, -0.15) is 0 Å². The Hall–Kier alpha value is -0.430. The molecular weight excluding hydrogens is 280 g/mol. The molecule has 3 N–H and O–H groups in total.